The molecule has 35 heavy (non-hydrogen) atoms. The number of rotatable bonds is 6. The molecule has 0 amide bonds. The maximum atomic E-state index is 6.14. The Morgan fingerprint density at radius 1 is 0.914 bits per heavy atom. The quantitative estimate of drug-likeness (QED) is 0.214. The average molecular weight is 512 g/mol. The van der Waals surface area contributed by atoms with E-state index in [9.17, 15) is 0 Å². The first-order valence-corrected chi connectivity index (χ1v) is 12.9. The van der Waals surface area contributed by atoms with Crippen molar-refractivity contribution in [3.8, 4) is 0 Å². The van der Waals surface area contributed by atoms with Gasteiger partial charge in [-0.1, -0.05) is 111 Å². The molecule has 2 aliphatic heterocycles. The fourth-order valence-corrected chi connectivity index (χ4v) is 4.61. The third-order valence-corrected chi connectivity index (χ3v) is 6.58. The van der Waals surface area contributed by atoms with Crippen LogP contribution in [0.4, 0.5) is 0 Å². The van der Waals surface area contributed by atoms with Crippen molar-refractivity contribution < 1.29 is 9.31 Å². The smallest absolute Gasteiger partial charge is 0.340 e. The summed E-state index contributed by atoms with van der Waals surface area (Å²) in [7, 11) is 0. The van der Waals surface area contributed by atoms with Gasteiger partial charge in [0.2, 0.25) is 0 Å². The van der Waals surface area contributed by atoms with Crippen molar-refractivity contribution in [2.24, 2.45) is 11.8 Å². The zero-order valence-corrected chi connectivity index (χ0v) is 22.5. The van der Waals surface area contributed by atoms with Crippen molar-refractivity contribution in [1.29, 1.82) is 0 Å². The van der Waals surface area contributed by atoms with Gasteiger partial charge >= 0.3 is 5.90 Å². The van der Waals surface area contributed by atoms with Crippen LogP contribution in [0.25, 0.3) is 0 Å². The van der Waals surface area contributed by atoms with Gasteiger partial charge in [-0.25, -0.2) is 0 Å². The van der Waals surface area contributed by atoms with Crippen LogP contribution in [0.2, 0.25) is 10.0 Å². The monoisotopic (exact) mass is 510 g/mol. The van der Waals surface area contributed by atoms with Crippen LogP contribution < -0.4 is 0 Å². The SMILES string of the molecule is C=C/C=C\C=C.C=CCC1CCC(c2ccc(Cl)cc2)[N+]2=C1OCC2C(C)C.Clc1ccccc1. The summed E-state index contributed by atoms with van der Waals surface area (Å²) in [5.41, 5.74) is 1.34. The first-order chi connectivity index (χ1) is 16.9. The molecule has 0 spiro atoms. The lowest BCUT2D eigenvalue weighted by atomic mass is 9.88. The number of allylic oxidation sites excluding steroid dienone is 5. The molecular weight excluding hydrogens is 473 g/mol. The summed E-state index contributed by atoms with van der Waals surface area (Å²) in [5.74, 6) is 2.25. The maximum Gasteiger partial charge on any atom is 0.340 e. The van der Waals surface area contributed by atoms with Crippen LogP contribution in [0, 0.1) is 11.8 Å². The topological polar surface area (TPSA) is 12.2 Å². The van der Waals surface area contributed by atoms with Crippen molar-refractivity contribution >= 4 is 29.1 Å². The van der Waals surface area contributed by atoms with E-state index in [1.165, 1.54) is 11.5 Å². The van der Waals surface area contributed by atoms with Crippen LogP contribution in [0.3, 0.4) is 0 Å². The lowest BCUT2D eigenvalue weighted by molar-refractivity contribution is -0.611. The van der Waals surface area contributed by atoms with E-state index in [0.29, 0.717) is 23.9 Å². The van der Waals surface area contributed by atoms with E-state index in [2.05, 4.69) is 50.3 Å². The number of halogens is 2. The number of ether oxygens (including phenoxy) is 1. The third-order valence-electron chi connectivity index (χ3n) is 6.08. The highest BCUT2D eigenvalue weighted by atomic mass is 35.5. The maximum absolute atomic E-state index is 6.14. The Morgan fingerprint density at radius 2 is 1.51 bits per heavy atom. The van der Waals surface area contributed by atoms with Crippen LogP contribution in [0.1, 0.15) is 44.7 Å². The first-order valence-electron chi connectivity index (χ1n) is 12.2. The van der Waals surface area contributed by atoms with Crippen molar-refractivity contribution in [2.45, 2.75) is 45.2 Å². The van der Waals surface area contributed by atoms with E-state index >= 15 is 0 Å². The van der Waals surface area contributed by atoms with Crippen LogP contribution in [-0.4, -0.2) is 23.1 Å². The molecule has 2 aromatic rings. The Balaban J connectivity index is 0.000000272. The molecule has 4 rings (SSSR count). The van der Waals surface area contributed by atoms with E-state index in [1.807, 2.05) is 60.7 Å². The second-order valence-electron chi connectivity index (χ2n) is 8.89. The van der Waals surface area contributed by atoms with Gasteiger partial charge in [0.15, 0.2) is 18.7 Å². The summed E-state index contributed by atoms with van der Waals surface area (Å²) < 4.78 is 8.69. The summed E-state index contributed by atoms with van der Waals surface area (Å²) in [6.45, 7) is 16.2. The van der Waals surface area contributed by atoms with Crippen LogP contribution >= 0.6 is 23.2 Å². The first kappa shape index (κ1) is 28.7. The highest BCUT2D eigenvalue weighted by Gasteiger charge is 2.48. The summed E-state index contributed by atoms with van der Waals surface area (Å²) >= 11 is 11.6. The fourth-order valence-electron chi connectivity index (χ4n) is 4.34. The number of benzene rings is 2. The molecule has 0 radical (unpaired) electrons. The molecule has 0 saturated carbocycles. The van der Waals surface area contributed by atoms with E-state index in [-0.39, 0.29) is 0 Å². The molecule has 0 fully saturated rings. The minimum Gasteiger partial charge on any atom is -0.441 e. The second kappa shape index (κ2) is 15.4. The molecule has 2 aromatic carbocycles. The van der Waals surface area contributed by atoms with E-state index < -0.39 is 0 Å². The van der Waals surface area contributed by atoms with Crippen molar-refractivity contribution in [3.05, 3.63) is 120 Å². The second-order valence-corrected chi connectivity index (χ2v) is 9.76. The van der Waals surface area contributed by atoms with Gasteiger partial charge in [-0.2, -0.15) is 4.58 Å². The van der Waals surface area contributed by atoms with Gasteiger partial charge in [0, 0.05) is 27.9 Å². The Hall–Kier alpha value is -2.55. The summed E-state index contributed by atoms with van der Waals surface area (Å²) in [5, 5.41) is 1.59. The molecule has 0 saturated heterocycles. The molecule has 3 unspecified atom stereocenters. The molecule has 3 atom stereocenters. The molecule has 2 heterocycles. The van der Waals surface area contributed by atoms with Crippen molar-refractivity contribution in [1.82, 2.24) is 0 Å². The minimum absolute atomic E-state index is 0.406. The van der Waals surface area contributed by atoms with Crippen LogP contribution in [-0.2, 0) is 4.74 Å². The predicted octanol–water partition coefficient (Wildman–Crippen LogP) is 9.09. The Bertz CT molecular complexity index is 982. The summed E-state index contributed by atoms with van der Waals surface area (Å²) in [6.07, 6.45) is 12.4. The molecule has 0 N–H and O–H groups in total. The Labute approximate surface area is 221 Å². The third kappa shape index (κ3) is 8.87. The standard InChI is InChI=1S/C19H25ClNO.C6H5Cl.C6H8/c1-4-5-15-8-11-17(14-6-9-16(20)10-7-14)21-18(13(2)3)12-22-19(15)21;7-6-4-2-1-3-5-6;1-3-5-6-4-2/h4,6-7,9-10,13,15,17-18H,1,5,8,11-12H2,2-3H3;1-5H;3-6H,1-2H2/q+1;;/b;;6-5-. The van der Waals surface area contributed by atoms with Crippen LogP contribution in [0.15, 0.2) is 105 Å². The van der Waals surface area contributed by atoms with Gasteiger partial charge in [0.25, 0.3) is 0 Å². The minimum atomic E-state index is 0.406. The molecule has 2 nitrogen and oxygen atoms in total. The van der Waals surface area contributed by atoms with Gasteiger partial charge in [-0.05, 0) is 37.1 Å². The zero-order valence-electron chi connectivity index (χ0n) is 21.0. The fraction of sp³-hybridized carbons (Fsp3) is 0.323. The predicted molar refractivity (Wildman–Crippen MR) is 153 cm³/mol. The van der Waals surface area contributed by atoms with Crippen molar-refractivity contribution in [2.75, 3.05) is 6.61 Å². The zero-order chi connectivity index (χ0) is 25.6. The highest BCUT2D eigenvalue weighted by Crippen LogP contribution is 2.37. The van der Waals surface area contributed by atoms with Crippen LogP contribution in [0.5, 0.6) is 0 Å². The van der Waals surface area contributed by atoms with Gasteiger partial charge < -0.3 is 4.74 Å². The normalized spacial score (nSPS) is 20.7. The molecule has 0 aromatic heterocycles. The number of hydrogen-bond donors (Lipinski definition) is 0. The Kier molecular flexibility index (Phi) is 12.7. The number of hydrogen-bond acceptors (Lipinski definition) is 1. The summed E-state index contributed by atoms with van der Waals surface area (Å²) in [4.78, 5) is 0. The molecule has 0 bridgehead atoms. The average Bonchev–Trinajstić information content (AvgIpc) is 3.31. The van der Waals surface area contributed by atoms with Crippen molar-refractivity contribution in [3.63, 3.8) is 0 Å². The largest absolute Gasteiger partial charge is 0.441 e. The van der Waals surface area contributed by atoms with E-state index in [4.69, 9.17) is 27.9 Å². The number of nitrogens with zero attached hydrogens (tertiary/aromatic N) is 1. The molecule has 0 aliphatic carbocycles. The lowest BCUT2D eigenvalue weighted by Crippen LogP contribution is -2.39. The van der Waals surface area contributed by atoms with Gasteiger partial charge in [-0.15, -0.1) is 6.58 Å². The Morgan fingerprint density at radius 3 is 2.00 bits per heavy atom. The highest BCUT2D eigenvalue weighted by molar-refractivity contribution is 6.30. The van der Waals surface area contributed by atoms with E-state index in [1.54, 1.807) is 12.2 Å². The van der Waals surface area contributed by atoms with E-state index in [0.717, 1.165) is 35.9 Å². The lowest BCUT2D eigenvalue weighted by Gasteiger charge is -2.26. The molecule has 186 valence electrons. The van der Waals surface area contributed by atoms with Gasteiger partial charge in [-0.3, -0.25) is 0 Å². The molecular formula is C31H38Cl2NO+. The molecule has 4 heteroatoms. The molecule has 2 aliphatic rings. The van der Waals surface area contributed by atoms with Gasteiger partial charge in [0.1, 0.15) is 0 Å². The summed E-state index contributed by atoms with van der Waals surface area (Å²) in [6, 6.07) is 18.6. The van der Waals surface area contributed by atoms with Gasteiger partial charge in [0.05, 0.1) is 5.92 Å².